The summed E-state index contributed by atoms with van der Waals surface area (Å²) in [6, 6.07) is 6.69. The number of hydrogen-bond acceptors (Lipinski definition) is 9. The molecule has 0 amide bonds. The van der Waals surface area contributed by atoms with Gasteiger partial charge in [-0.25, -0.2) is 0 Å². The predicted octanol–water partition coefficient (Wildman–Crippen LogP) is 2.38. The van der Waals surface area contributed by atoms with Crippen molar-refractivity contribution in [3.05, 3.63) is 35.4 Å². The molecule has 2 atom stereocenters. The third-order valence-electron chi connectivity index (χ3n) is 4.97. The van der Waals surface area contributed by atoms with Crippen molar-refractivity contribution < 1.29 is 43.1 Å². The average molecular weight is 420 g/mol. The van der Waals surface area contributed by atoms with Crippen LogP contribution in [0.25, 0.3) is 0 Å². The maximum Gasteiger partial charge on any atom is 0.274 e. The Labute approximate surface area is 174 Å². The van der Waals surface area contributed by atoms with Gasteiger partial charge < -0.3 is 38.3 Å². The van der Waals surface area contributed by atoms with Crippen molar-refractivity contribution in [3.8, 4) is 34.5 Å². The highest BCUT2D eigenvalue weighted by atomic mass is 16.7. The van der Waals surface area contributed by atoms with Crippen molar-refractivity contribution >= 4 is 5.78 Å². The van der Waals surface area contributed by atoms with Gasteiger partial charge in [0.05, 0.1) is 35.5 Å². The van der Waals surface area contributed by atoms with E-state index in [2.05, 4.69) is 0 Å². The molecular weight excluding hydrogens is 396 g/mol. The molecule has 1 heterocycles. The van der Waals surface area contributed by atoms with Crippen LogP contribution in [0.3, 0.4) is 0 Å². The van der Waals surface area contributed by atoms with Crippen molar-refractivity contribution in [1.82, 2.24) is 0 Å². The number of carbonyl (C=O) groups is 1. The number of fused-ring (bicyclic) bond motifs is 1. The summed E-state index contributed by atoms with van der Waals surface area (Å²) in [6.07, 6.45) is -1.20. The van der Waals surface area contributed by atoms with Crippen LogP contribution in [0.5, 0.6) is 34.5 Å². The highest BCUT2D eigenvalue weighted by molar-refractivity contribution is 6.09. The lowest BCUT2D eigenvalue weighted by Gasteiger charge is -2.39. The minimum absolute atomic E-state index is 0.0267. The molecule has 0 radical (unpaired) electrons. The van der Waals surface area contributed by atoms with E-state index in [1.807, 2.05) is 0 Å². The van der Waals surface area contributed by atoms with Crippen molar-refractivity contribution in [1.29, 1.82) is 0 Å². The Bertz CT molecular complexity index is 939. The van der Waals surface area contributed by atoms with Crippen molar-refractivity contribution in [2.24, 2.45) is 0 Å². The van der Waals surface area contributed by atoms with E-state index in [-0.39, 0.29) is 34.3 Å². The van der Waals surface area contributed by atoms with Crippen molar-refractivity contribution in [2.45, 2.75) is 11.9 Å². The molecule has 30 heavy (non-hydrogen) atoms. The fourth-order valence-electron chi connectivity index (χ4n) is 3.48. The summed E-state index contributed by atoms with van der Waals surface area (Å²) >= 11 is 0. The van der Waals surface area contributed by atoms with E-state index < -0.39 is 17.7 Å². The van der Waals surface area contributed by atoms with E-state index in [9.17, 15) is 9.90 Å². The summed E-state index contributed by atoms with van der Waals surface area (Å²) in [7, 11) is 8.32. The Morgan fingerprint density at radius 3 is 1.80 bits per heavy atom. The van der Waals surface area contributed by atoms with Gasteiger partial charge in [0.1, 0.15) is 11.3 Å². The largest absolute Gasteiger partial charge is 0.497 e. The predicted molar refractivity (Wildman–Crippen MR) is 105 cm³/mol. The van der Waals surface area contributed by atoms with Gasteiger partial charge in [-0.3, -0.25) is 4.79 Å². The molecule has 2 unspecified atom stereocenters. The van der Waals surface area contributed by atoms with E-state index in [0.29, 0.717) is 11.3 Å². The number of ether oxygens (including phenoxy) is 7. The lowest BCUT2D eigenvalue weighted by atomic mass is 9.89. The minimum Gasteiger partial charge on any atom is -0.497 e. The Morgan fingerprint density at radius 2 is 1.33 bits per heavy atom. The Balaban J connectivity index is 2.30. The van der Waals surface area contributed by atoms with Gasteiger partial charge in [-0.1, -0.05) is 12.1 Å². The quantitative estimate of drug-likeness (QED) is 0.677. The van der Waals surface area contributed by atoms with Gasteiger partial charge >= 0.3 is 0 Å². The Kier molecular flexibility index (Phi) is 5.95. The van der Waals surface area contributed by atoms with Crippen LogP contribution in [0.1, 0.15) is 22.0 Å². The normalized spacial score (nSPS) is 20.1. The average Bonchev–Trinajstić information content (AvgIpc) is 2.79. The van der Waals surface area contributed by atoms with Crippen LogP contribution in [-0.4, -0.2) is 59.3 Å². The summed E-state index contributed by atoms with van der Waals surface area (Å²) in [4.78, 5) is 13.5. The maximum absolute atomic E-state index is 13.5. The molecular formula is C21H24O9. The zero-order valence-corrected chi connectivity index (χ0v) is 17.6. The van der Waals surface area contributed by atoms with Gasteiger partial charge in [-0.2, -0.15) is 0 Å². The maximum atomic E-state index is 13.5. The second kappa shape index (κ2) is 8.29. The molecule has 0 saturated carbocycles. The summed E-state index contributed by atoms with van der Waals surface area (Å²) in [5, 5.41) is 11.2. The topological polar surface area (TPSA) is 102 Å². The van der Waals surface area contributed by atoms with Gasteiger partial charge in [0.25, 0.3) is 5.79 Å². The first-order valence-electron chi connectivity index (χ1n) is 8.94. The van der Waals surface area contributed by atoms with E-state index in [4.69, 9.17) is 33.2 Å². The van der Waals surface area contributed by atoms with Crippen LogP contribution in [0.2, 0.25) is 0 Å². The third-order valence-corrected chi connectivity index (χ3v) is 4.97. The zero-order valence-electron chi connectivity index (χ0n) is 17.6. The van der Waals surface area contributed by atoms with Gasteiger partial charge in [0, 0.05) is 7.11 Å². The second-order valence-electron chi connectivity index (χ2n) is 6.34. The standard InChI is InChI=1S/C21H24O9/c1-24-12-9-7-11(8-10-12)20-21(23,29-6)19(22)13-14(25-2)16(26-3)18(28-5)17(27-4)15(13)30-20/h7-10,20,23H,1-6H3. The zero-order chi connectivity index (χ0) is 22.1. The van der Waals surface area contributed by atoms with Crippen molar-refractivity contribution in [2.75, 3.05) is 42.7 Å². The Morgan fingerprint density at radius 1 is 0.800 bits per heavy atom. The van der Waals surface area contributed by atoms with E-state index in [1.54, 1.807) is 24.3 Å². The number of benzene rings is 2. The highest BCUT2D eigenvalue weighted by Gasteiger charge is 2.55. The number of carbonyl (C=O) groups excluding carboxylic acids is 1. The number of rotatable bonds is 7. The SMILES string of the molecule is COc1ccc(C2Oc3c(OC)c(OC)c(OC)c(OC)c3C(=O)C2(O)OC)cc1. The summed E-state index contributed by atoms with van der Waals surface area (Å²) in [5.41, 5.74) is 0.399. The van der Waals surface area contributed by atoms with Gasteiger partial charge in [0.2, 0.25) is 23.0 Å². The monoisotopic (exact) mass is 420 g/mol. The lowest BCUT2D eigenvalue weighted by Crippen LogP contribution is -2.51. The van der Waals surface area contributed by atoms with Crippen LogP contribution >= 0.6 is 0 Å². The summed E-state index contributed by atoms with van der Waals surface area (Å²) < 4.78 is 38.2. The van der Waals surface area contributed by atoms with Crippen LogP contribution in [0.4, 0.5) is 0 Å². The third kappa shape index (κ3) is 3.06. The second-order valence-corrected chi connectivity index (χ2v) is 6.34. The molecule has 0 spiro atoms. The van der Waals surface area contributed by atoms with Crippen LogP contribution < -0.4 is 28.4 Å². The fraction of sp³-hybridized carbons (Fsp3) is 0.381. The number of methoxy groups -OCH3 is 6. The molecule has 0 saturated heterocycles. The van der Waals surface area contributed by atoms with Crippen LogP contribution in [0.15, 0.2) is 24.3 Å². The van der Waals surface area contributed by atoms with E-state index in [0.717, 1.165) is 0 Å². The molecule has 2 aromatic carbocycles. The van der Waals surface area contributed by atoms with Crippen LogP contribution in [0, 0.1) is 0 Å². The number of aliphatic hydroxyl groups is 1. The van der Waals surface area contributed by atoms with E-state index in [1.165, 1.54) is 42.7 Å². The molecule has 9 heteroatoms. The minimum atomic E-state index is -2.33. The fourth-order valence-corrected chi connectivity index (χ4v) is 3.48. The van der Waals surface area contributed by atoms with Crippen LogP contribution in [-0.2, 0) is 4.74 Å². The summed E-state index contributed by atoms with van der Waals surface area (Å²) in [5.74, 6) is -2.02. The highest BCUT2D eigenvalue weighted by Crippen LogP contribution is 2.58. The molecule has 0 aliphatic carbocycles. The van der Waals surface area contributed by atoms with E-state index >= 15 is 0 Å². The summed E-state index contributed by atoms with van der Waals surface area (Å²) in [6.45, 7) is 0. The molecule has 1 aliphatic heterocycles. The molecule has 3 rings (SSSR count). The van der Waals surface area contributed by atoms with Gasteiger partial charge in [-0.15, -0.1) is 0 Å². The Hall–Kier alpha value is -3.17. The molecule has 1 N–H and O–H groups in total. The van der Waals surface area contributed by atoms with Gasteiger partial charge in [-0.05, 0) is 17.7 Å². The lowest BCUT2D eigenvalue weighted by molar-refractivity contribution is -0.205. The molecule has 0 bridgehead atoms. The molecule has 2 aromatic rings. The molecule has 0 fully saturated rings. The van der Waals surface area contributed by atoms with Gasteiger partial charge in [0.15, 0.2) is 17.6 Å². The number of Topliss-reactive ketones (excluding diaryl/α,β-unsaturated/α-hetero) is 1. The first-order valence-corrected chi connectivity index (χ1v) is 8.94. The van der Waals surface area contributed by atoms with Crippen molar-refractivity contribution in [3.63, 3.8) is 0 Å². The first kappa shape index (κ1) is 21.5. The number of ketones is 1. The first-order chi connectivity index (χ1) is 14.4. The molecule has 1 aliphatic rings. The smallest absolute Gasteiger partial charge is 0.274 e. The molecule has 9 nitrogen and oxygen atoms in total. The number of hydrogen-bond donors (Lipinski definition) is 1. The molecule has 0 aromatic heterocycles. The molecule has 162 valence electrons.